The lowest BCUT2D eigenvalue weighted by Gasteiger charge is -2.14. The zero-order valence-electron chi connectivity index (χ0n) is 28.0. The Bertz CT molecular complexity index is 855. The van der Waals surface area contributed by atoms with Crippen LogP contribution in [0, 0.1) is 0 Å². The second kappa shape index (κ2) is 33.0. The normalized spacial score (nSPS) is 12.8. The molecule has 0 aliphatic carbocycles. The summed E-state index contributed by atoms with van der Waals surface area (Å²) in [4.78, 5) is 34.7. The van der Waals surface area contributed by atoms with E-state index in [4.69, 9.17) is 9.84 Å². The number of unbranched alkanes of at least 4 members (excludes halogenated alkanes) is 11. The van der Waals surface area contributed by atoms with Gasteiger partial charge in [-0.05, 0) is 83.1 Å². The Morgan fingerprint density at radius 1 is 0.636 bits per heavy atom. The number of ether oxygens (including phenoxy) is 1. The van der Waals surface area contributed by atoms with Gasteiger partial charge < -0.3 is 15.2 Å². The summed E-state index contributed by atoms with van der Waals surface area (Å²) in [5.41, 5.74) is 0. The zero-order chi connectivity index (χ0) is 32.4. The summed E-state index contributed by atoms with van der Waals surface area (Å²) in [7, 11) is 0. The van der Waals surface area contributed by atoms with Crippen LogP contribution >= 0.6 is 0 Å². The number of hydrogen-bond donors (Lipinski definition) is 2. The maximum Gasteiger partial charge on any atom is 0.322 e. The van der Waals surface area contributed by atoms with Crippen molar-refractivity contribution in [2.75, 3.05) is 6.54 Å². The third-order valence-corrected chi connectivity index (χ3v) is 7.16. The Hall–Kier alpha value is -2.89. The van der Waals surface area contributed by atoms with Crippen molar-refractivity contribution in [1.82, 2.24) is 5.32 Å². The average molecular weight is 614 g/mol. The molecule has 2 N–H and O–H groups in total. The molecule has 6 heteroatoms. The quantitative estimate of drug-likeness (QED) is 0.0478. The molecule has 0 saturated heterocycles. The van der Waals surface area contributed by atoms with Crippen LogP contribution in [0.3, 0.4) is 0 Å². The molecule has 0 aliphatic heterocycles. The lowest BCUT2D eigenvalue weighted by Crippen LogP contribution is -2.28. The third-order valence-electron chi connectivity index (χ3n) is 7.16. The monoisotopic (exact) mass is 613 g/mol. The van der Waals surface area contributed by atoms with Gasteiger partial charge in [-0.3, -0.25) is 14.4 Å². The number of esters is 1. The average Bonchev–Trinajstić information content (AvgIpc) is 3.00. The Labute approximate surface area is 269 Å². The van der Waals surface area contributed by atoms with Gasteiger partial charge in [-0.2, -0.15) is 0 Å². The van der Waals surface area contributed by atoms with Crippen LogP contribution in [-0.2, 0) is 19.1 Å². The van der Waals surface area contributed by atoms with E-state index in [0.717, 1.165) is 103 Å². The molecule has 0 heterocycles. The first-order chi connectivity index (χ1) is 21.5. The van der Waals surface area contributed by atoms with Gasteiger partial charge >= 0.3 is 11.9 Å². The number of nitrogens with one attached hydrogen (secondary N) is 1. The fourth-order valence-electron chi connectivity index (χ4n) is 4.59. The number of hydrogen-bond acceptors (Lipinski definition) is 4. The highest BCUT2D eigenvalue weighted by atomic mass is 16.5. The van der Waals surface area contributed by atoms with Crippen LogP contribution < -0.4 is 5.32 Å². The van der Waals surface area contributed by atoms with Crippen molar-refractivity contribution in [1.29, 1.82) is 0 Å². The highest BCUT2D eigenvalue weighted by Crippen LogP contribution is 2.14. The summed E-state index contributed by atoms with van der Waals surface area (Å²) in [6.45, 7) is 4.05. The Balaban J connectivity index is 4.29. The van der Waals surface area contributed by atoms with Gasteiger partial charge in [0.2, 0.25) is 5.91 Å². The minimum Gasteiger partial charge on any atom is -0.480 e. The van der Waals surface area contributed by atoms with Crippen LogP contribution in [-0.4, -0.2) is 35.6 Å². The van der Waals surface area contributed by atoms with Gasteiger partial charge in [-0.15, -0.1) is 0 Å². The van der Waals surface area contributed by atoms with E-state index < -0.39 is 5.97 Å². The van der Waals surface area contributed by atoms with Gasteiger partial charge in [-0.1, -0.05) is 113 Å². The van der Waals surface area contributed by atoms with Crippen LogP contribution in [0.25, 0.3) is 0 Å². The molecule has 1 atom stereocenters. The van der Waals surface area contributed by atoms with E-state index in [0.29, 0.717) is 12.8 Å². The van der Waals surface area contributed by atoms with E-state index in [2.05, 4.69) is 79.9 Å². The molecule has 0 aromatic rings. The fourth-order valence-corrected chi connectivity index (χ4v) is 4.59. The maximum absolute atomic E-state index is 12.6. The van der Waals surface area contributed by atoms with Gasteiger partial charge in [0, 0.05) is 12.8 Å². The van der Waals surface area contributed by atoms with E-state index in [1.165, 1.54) is 19.3 Å². The molecule has 0 radical (unpaired) electrons. The summed E-state index contributed by atoms with van der Waals surface area (Å²) >= 11 is 0. The highest BCUT2D eigenvalue weighted by Gasteiger charge is 2.11. The second-order valence-corrected chi connectivity index (χ2v) is 11.4. The molecule has 250 valence electrons. The van der Waals surface area contributed by atoms with Crippen molar-refractivity contribution in [3.05, 3.63) is 60.8 Å². The zero-order valence-corrected chi connectivity index (χ0v) is 28.0. The largest absolute Gasteiger partial charge is 0.480 e. The van der Waals surface area contributed by atoms with Crippen LogP contribution in [0.4, 0.5) is 0 Å². The summed E-state index contributed by atoms with van der Waals surface area (Å²) in [5.74, 6) is -1.33. The van der Waals surface area contributed by atoms with Gasteiger partial charge in [-0.25, -0.2) is 0 Å². The summed E-state index contributed by atoms with van der Waals surface area (Å²) in [6, 6.07) is 0. The van der Waals surface area contributed by atoms with Crippen molar-refractivity contribution >= 4 is 17.8 Å². The van der Waals surface area contributed by atoms with Crippen molar-refractivity contribution in [2.45, 2.75) is 155 Å². The Morgan fingerprint density at radius 3 is 1.84 bits per heavy atom. The van der Waals surface area contributed by atoms with E-state index in [-0.39, 0.29) is 24.5 Å². The van der Waals surface area contributed by atoms with Crippen molar-refractivity contribution in [3.8, 4) is 0 Å². The Kier molecular flexibility index (Phi) is 30.8. The smallest absolute Gasteiger partial charge is 0.322 e. The minimum atomic E-state index is -1.02. The van der Waals surface area contributed by atoms with Crippen molar-refractivity contribution < 1.29 is 24.2 Å². The summed E-state index contributed by atoms with van der Waals surface area (Å²) in [5, 5.41) is 11.0. The first-order valence-corrected chi connectivity index (χ1v) is 17.4. The molecule has 0 spiro atoms. The van der Waals surface area contributed by atoms with E-state index in [9.17, 15) is 14.4 Å². The molecule has 44 heavy (non-hydrogen) atoms. The first kappa shape index (κ1) is 41.1. The SMILES string of the molecule is CC/C=C\C/C=C\C/C=C\CCCCCC(=O)OC(/C=C\C/C=C\CCCCC)CCCCCCCCC(=O)NCC(=O)O. The number of carboxylic acids is 1. The number of carboxylic acid groups (broad SMARTS) is 1. The predicted molar refractivity (Wildman–Crippen MR) is 185 cm³/mol. The molecule has 0 aromatic heterocycles. The minimum absolute atomic E-state index is 0.103. The van der Waals surface area contributed by atoms with Gasteiger partial charge in [0.05, 0.1) is 0 Å². The number of carbonyl (C=O) groups excluding carboxylic acids is 2. The topological polar surface area (TPSA) is 92.7 Å². The van der Waals surface area contributed by atoms with Crippen molar-refractivity contribution in [3.63, 3.8) is 0 Å². The van der Waals surface area contributed by atoms with Crippen LogP contribution in [0.15, 0.2) is 60.8 Å². The molecule has 0 aromatic carbocycles. The third kappa shape index (κ3) is 32.0. The molecule has 6 nitrogen and oxygen atoms in total. The predicted octanol–water partition coefficient (Wildman–Crippen LogP) is 10.1. The van der Waals surface area contributed by atoms with Crippen LogP contribution in [0.2, 0.25) is 0 Å². The van der Waals surface area contributed by atoms with Gasteiger partial charge in [0.15, 0.2) is 0 Å². The van der Waals surface area contributed by atoms with Gasteiger partial charge in [0.25, 0.3) is 0 Å². The summed E-state index contributed by atoms with van der Waals surface area (Å²) < 4.78 is 5.87. The van der Waals surface area contributed by atoms with E-state index in [1.807, 2.05) is 0 Å². The number of aliphatic carboxylic acids is 1. The molecule has 0 rings (SSSR count). The number of carbonyl (C=O) groups is 3. The first-order valence-electron chi connectivity index (χ1n) is 17.4. The number of amides is 1. The molecular formula is C38H63NO5. The van der Waals surface area contributed by atoms with Crippen molar-refractivity contribution in [2.24, 2.45) is 0 Å². The Morgan fingerprint density at radius 2 is 1.18 bits per heavy atom. The number of allylic oxidation sites excluding steroid dienone is 9. The van der Waals surface area contributed by atoms with Crippen LogP contribution in [0.1, 0.15) is 149 Å². The molecular weight excluding hydrogens is 550 g/mol. The van der Waals surface area contributed by atoms with E-state index in [1.54, 1.807) is 0 Å². The molecule has 1 unspecified atom stereocenters. The second-order valence-electron chi connectivity index (χ2n) is 11.4. The molecule has 0 aliphatic rings. The molecule has 0 saturated carbocycles. The lowest BCUT2D eigenvalue weighted by molar-refractivity contribution is -0.147. The highest BCUT2D eigenvalue weighted by molar-refractivity contribution is 5.80. The molecule has 1 amide bonds. The number of rotatable bonds is 30. The molecule has 0 bridgehead atoms. The molecule has 0 fully saturated rings. The van der Waals surface area contributed by atoms with Gasteiger partial charge in [0.1, 0.15) is 12.6 Å². The lowest BCUT2D eigenvalue weighted by atomic mass is 10.1. The van der Waals surface area contributed by atoms with Crippen LogP contribution in [0.5, 0.6) is 0 Å². The summed E-state index contributed by atoms with van der Waals surface area (Å²) in [6.07, 6.45) is 42.1. The maximum atomic E-state index is 12.6. The fraction of sp³-hybridized carbons (Fsp3) is 0.658. The van der Waals surface area contributed by atoms with E-state index >= 15 is 0 Å². The standard InChI is InChI=1S/C38H63NO5/c1-3-5-7-9-11-13-14-15-16-17-19-25-29-33-38(43)44-35(30-26-22-18-12-10-8-6-4-2)31-27-23-20-21-24-28-32-36(40)39-34-37(41)42/h5,7,11-13,15-16,18,26,30,35H,3-4,6,8-10,14,17,19-25,27-29,31-34H2,1-2H3,(H,39,40)(H,41,42)/b7-5-,13-11-,16-15-,18-12-,30-26-.